The molecule has 24 heavy (non-hydrogen) atoms. The topological polar surface area (TPSA) is 66.9 Å². The number of nitrogens with zero attached hydrogens (tertiary/aromatic N) is 2. The van der Waals surface area contributed by atoms with Gasteiger partial charge >= 0.3 is 0 Å². The zero-order valence-electron chi connectivity index (χ0n) is 14.7. The van der Waals surface area contributed by atoms with Gasteiger partial charge in [-0.25, -0.2) is 8.42 Å². The number of rotatable bonds is 5. The number of amides is 1. The Morgan fingerprint density at radius 3 is 2.54 bits per heavy atom. The van der Waals surface area contributed by atoms with Crippen molar-refractivity contribution in [2.75, 3.05) is 44.3 Å². The molecule has 3 aliphatic rings. The zero-order valence-corrected chi connectivity index (χ0v) is 15.5. The van der Waals surface area contributed by atoms with Crippen LogP contribution in [0.3, 0.4) is 0 Å². The lowest BCUT2D eigenvalue weighted by atomic mass is 9.99. The van der Waals surface area contributed by atoms with Crippen molar-refractivity contribution >= 4 is 15.7 Å². The molecule has 7 heteroatoms. The third-order valence-corrected chi connectivity index (χ3v) is 7.38. The molecule has 138 valence electrons. The van der Waals surface area contributed by atoms with Gasteiger partial charge in [-0.15, -0.1) is 0 Å². The van der Waals surface area contributed by atoms with Crippen LogP contribution in [-0.4, -0.2) is 80.6 Å². The van der Waals surface area contributed by atoms with Gasteiger partial charge in [0.05, 0.1) is 24.2 Å². The molecule has 6 nitrogen and oxygen atoms in total. The van der Waals surface area contributed by atoms with Gasteiger partial charge in [0.25, 0.3) is 0 Å². The van der Waals surface area contributed by atoms with Crippen molar-refractivity contribution in [1.29, 1.82) is 0 Å². The van der Waals surface area contributed by atoms with Gasteiger partial charge in [0.15, 0.2) is 9.84 Å². The summed E-state index contributed by atoms with van der Waals surface area (Å²) in [6, 6.07) is -0.171. The van der Waals surface area contributed by atoms with E-state index in [1.54, 1.807) is 0 Å². The Labute approximate surface area is 145 Å². The molecule has 0 radical (unpaired) electrons. The number of carbonyl (C=O) groups is 1. The van der Waals surface area contributed by atoms with Crippen LogP contribution in [0.2, 0.25) is 0 Å². The van der Waals surface area contributed by atoms with Crippen molar-refractivity contribution in [3.63, 3.8) is 0 Å². The number of carbonyl (C=O) groups excluding carboxylic acids is 1. The SMILES string of the molecule is CC1CCN(CC(=O)N(C[C@H]2CCCO2)[C@@H]2CCS(=O)(=O)C2)CC1. The lowest BCUT2D eigenvalue weighted by molar-refractivity contribution is -0.136. The molecule has 0 saturated carbocycles. The molecule has 3 fully saturated rings. The minimum atomic E-state index is -3.00. The summed E-state index contributed by atoms with van der Waals surface area (Å²) >= 11 is 0. The van der Waals surface area contributed by atoms with Gasteiger partial charge in [-0.2, -0.15) is 0 Å². The standard InChI is InChI=1S/C17H30N2O4S/c1-14-4-7-18(8-5-14)12-17(20)19(11-16-3-2-9-23-16)15-6-10-24(21,22)13-15/h14-16H,2-13H2,1H3/t15-,16-/m1/s1. The molecule has 1 amide bonds. The molecule has 0 bridgehead atoms. The molecule has 0 spiro atoms. The lowest BCUT2D eigenvalue weighted by Gasteiger charge is -2.35. The summed E-state index contributed by atoms with van der Waals surface area (Å²) in [5.74, 6) is 1.12. The minimum Gasteiger partial charge on any atom is -0.376 e. The molecule has 0 unspecified atom stereocenters. The van der Waals surface area contributed by atoms with Crippen LogP contribution in [0.1, 0.15) is 39.0 Å². The number of hydrogen-bond acceptors (Lipinski definition) is 5. The Bertz CT molecular complexity index is 537. The lowest BCUT2D eigenvalue weighted by Crippen LogP contribution is -2.50. The van der Waals surface area contributed by atoms with Crippen molar-refractivity contribution < 1.29 is 17.9 Å². The van der Waals surface area contributed by atoms with Gasteiger partial charge in [-0.1, -0.05) is 6.92 Å². The average Bonchev–Trinajstić information content (AvgIpc) is 3.16. The Hall–Kier alpha value is -0.660. The first-order chi connectivity index (χ1) is 11.4. The highest BCUT2D eigenvalue weighted by atomic mass is 32.2. The summed E-state index contributed by atoms with van der Waals surface area (Å²) in [7, 11) is -3.00. The first-order valence-corrected chi connectivity index (χ1v) is 11.1. The minimum absolute atomic E-state index is 0.0682. The molecule has 0 aromatic carbocycles. The Kier molecular flexibility index (Phi) is 5.82. The van der Waals surface area contributed by atoms with Gasteiger partial charge in [-0.3, -0.25) is 9.69 Å². The van der Waals surface area contributed by atoms with Gasteiger partial charge in [0.2, 0.25) is 5.91 Å². The molecule has 3 heterocycles. The van der Waals surface area contributed by atoms with E-state index in [2.05, 4.69) is 11.8 Å². The van der Waals surface area contributed by atoms with Crippen molar-refractivity contribution in [3.05, 3.63) is 0 Å². The summed E-state index contributed by atoms with van der Waals surface area (Å²) in [5, 5.41) is 0. The summed E-state index contributed by atoms with van der Waals surface area (Å²) in [5.41, 5.74) is 0. The number of piperidine rings is 1. The van der Waals surface area contributed by atoms with E-state index in [1.165, 1.54) is 0 Å². The Morgan fingerprint density at radius 1 is 1.21 bits per heavy atom. The summed E-state index contributed by atoms with van der Waals surface area (Å²) in [6.07, 6.45) is 4.90. The average molecular weight is 359 g/mol. The van der Waals surface area contributed by atoms with E-state index in [4.69, 9.17) is 4.74 Å². The molecule has 2 atom stereocenters. The van der Waals surface area contributed by atoms with Crippen molar-refractivity contribution in [2.24, 2.45) is 5.92 Å². The highest BCUT2D eigenvalue weighted by Gasteiger charge is 2.36. The molecule has 3 saturated heterocycles. The van der Waals surface area contributed by atoms with Crippen molar-refractivity contribution in [1.82, 2.24) is 9.80 Å². The van der Waals surface area contributed by atoms with E-state index >= 15 is 0 Å². The van der Waals surface area contributed by atoms with Crippen LogP contribution in [0.15, 0.2) is 0 Å². The molecular weight excluding hydrogens is 328 g/mol. The first-order valence-electron chi connectivity index (χ1n) is 9.27. The molecular formula is C17H30N2O4S. The van der Waals surface area contributed by atoms with Crippen LogP contribution in [-0.2, 0) is 19.4 Å². The van der Waals surface area contributed by atoms with Crippen LogP contribution >= 0.6 is 0 Å². The van der Waals surface area contributed by atoms with Gasteiger partial charge in [-0.05, 0) is 51.1 Å². The molecule has 0 aromatic heterocycles. The number of sulfone groups is 1. The Balaban J connectivity index is 1.62. The van der Waals surface area contributed by atoms with E-state index in [0.717, 1.165) is 51.3 Å². The number of hydrogen-bond donors (Lipinski definition) is 0. The van der Waals surface area contributed by atoms with E-state index < -0.39 is 9.84 Å². The predicted molar refractivity (Wildman–Crippen MR) is 92.6 cm³/mol. The maximum Gasteiger partial charge on any atom is 0.237 e. The molecule has 0 aliphatic carbocycles. The van der Waals surface area contributed by atoms with Gasteiger partial charge in [0, 0.05) is 19.2 Å². The van der Waals surface area contributed by atoms with Crippen LogP contribution in [0.5, 0.6) is 0 Å². The molecule has 3 aliphatic heterocycles. The zero-order chi connectivity index (χ0) is 17.2. The fraction of sp³-hybridized carbons (Fsp3) is 0.941. The van der Waals surface area contributed by atoms with E-state index in [0.29, 0.717) is 19.5 Å². The number of likely N-dealkylation sites (tertiary alicyclic amines) is 1. The second-order valence-electron chi connectivity index (χ2n) is 7.70. The van der Waals surface area contributed by atoms with E-state index in [-0.39, 0.29) is 29.6 Å². The van der Waals surface area contributed by atoms with E-state index in [1.807, 2.05) is 4.90 Å². The van der Waals surface area contributed by atoms with Crippen LogP contribution in [0.4, 0.5) is 0 Å². The molecule has 0 aromatic rings. The summed E-state index contributed by atoms with van der Waals surface area (Å²) in [4.78, 5) is 16.9. The second kappa shape index (κ2) is 7.70. The number of ether oxygens (including phenoxy) is 1. The van der Waals surface area contributed by atoms with Crippen molar-refractivity contribution in [2.45, 2.75) is 51.2 Å². The van der Waals surface area contributed by atoms with Gasteiger partial charge < -0.3 is 9.64 Å². The maximum atomic E-state index is 12.9. The van der Waals surface area contributed by atoms with E-state index in [9.17, 15) is 13.2 Å². The Morgan fingerprint density at radius 2 is 1.96 bits per heavy atom. The third kappa shape index (κ3) is 4.70. The monoisotopic (exact) mass is 358 g/mol. The molecule has 3 rings (SSSR count). The smallest absolute Gasteiger partial charge is 0.237 e. The van der Waals surface area contributed by atoms with Crippen molar-refractivity contribution in [3.8, 4) is 0 Å². The summed E-state index contributed by atoms with van der Waals surface area (Å²) in [6.45, 7) is 5.89. The summed E-state index contributed by atoms with van der Waals surface area (Å²) < 4.78 is 29.4. The second-order valence-corrected chi connectivity index (χ2v) is 9.93. The third-order valence-electron chi connectivity index (χ3n) is 5.63. The van der Waals surface area contributed by atoms with Crippen LogP contribution < -0.4 is 0 Å². The first kappa shape index (κ1) is 18.1. The predicted octanol–water partition coefficient (Wildman–Crippen LogP) is 0.913. The highest BCUT2D eigenvalue weighted by Crippen LogP contribution is 2.22. The molecule has 0 N–H and O–H groups in total. The quantitative estimate of drug-likeness (QED) is 0.731. The van der Waals surface area contributed by atoms with Crippen LogP contribution in [0.25, 0.3) is 0 Å². The fourth-order valence-electron chi connectivity index (χ4n) is 3.99. The normalized spacial score (nSPS) is 31.4. The fourth-order valence-corrected chi connectivity index (χ4v) is 5.72. The van der Waals surface area contributed by atoms with Crippen LogP contribution in [0, 0.1) is 5.92 Å². The highest BCUT2D eigenvalue weighted by molar-refractivity contribution is 7.91. The largest absolute Gasteiger partial charge is 0.376 e. The van der Waals surface area contributed by atoms with Gasteiger partial charge in [0.1, 0.15) is 0 Å². The maximum absolute atomic E-state index is 12.9.